The van der Waals surface area contributed by atoms with Crippen LogP contribution in [0.5, 0.6) is 5.75 Å². The fourth-order valence-electron chi connectivity index (χ4n) is 2.62. The molecule has 0 saturated carbocycles. The van der Waals surface area contributed by atoms with Gasteiger partial charge in [0, 0.05) is 23.5 Å². The second-order valence-electron chi connectivity index (χ2n) is 6.05. The van der Waals surface area contributed by atoms with Crippen LogP contribution in [0.25, 0.3) is 0 Å². The first kappa shape index (κ1) is 18.4. The van der Waals surface area contributed by atoms with Gasteiger partial charge in [-0.3, -0.25) is 4.79 Å². The molecule has 0 fully saturated rings. The summed E-state index contributed by atoms with van der Waals surface area (Å²) in [4.78, 5) is 21.2. The lowest BCUT2D eigenvalue weighted by Gasteiger charge is -2.10. The summed E-state index contributed by atoms with van der Waals surface area (Å²) in [5.74, 6) is 1.51. The van der Waals surface area contributed by atoms with Crippen LogP contribution in [0.2, 0.25) is 0 Å². The molecule has 0 atom stereocenters. The minimum atomic E-state index is -0.279. The van der Waals surface area contributed by atoms with E-state index in [0.717, 1.165) is 23.5 Å². The minimum Gasteiger partial charge on any atom is -0.497 e. The van der Waals surface area contributed by atoms with Crippen molar-refractivity contribution in [3.63, 3.8) is 0 Å². The highest BCUT2D eigenvalue weighted by molar-refractivity contribution is 6.03. The molecule has 0 aliphatic heterocycles. The maximum absolute atomic E-state index is 12.6. The molecule has 0 bridgehead atoms. The number of hydrogen-bond acceptors (Lipinski definition) is 5. The number of rotatable bonds is 6. The molecule has 0 unspecified atom stereocenters. The van der Waals surface area contributed by atoms with E-state index >= 15 is 0 Å². The number of carbonyl (C=O) groups is 1. The number of aryl methyl sites for hydroxylation is 2. The molecule has 27 heavy (non-hydrogen) atoms. The van der Waals surface area contributed by atoms with Crippen molar-refractivity contribution in [2.75, 3.05) is 17.7 Å². The van der Waals surface area contributed by atoms with Crippen molar-refractivity contribution in [1.29, 1.82) is 0 Å². The zero-order valence-corrected chi connectivity index (χ0v) is 15.6. The third kappa shape index (κ3) is 4.82. The van der Waals surface area contributed by atoms with E-state index < -0.39 is 0 Å². The van der Waals surface area contributed by atoms with E-state index in [2.05, 4.69) is 27.5 Å². The highest BCUT2D eigenvalue weighted by Gasteiger charge is 2.11. The van der Waals surface area contributed by atoms with E-state index in [1.54, 1.807) is 20.1 Å². The Kier molecular flexibility index (Phi) is 5.66. The second-order valence-corrected chi connectivity index (χ2v) is 6.05. The van der Waals surface area contributed by atoms with Crippen LogP contribution in [0, 0.1) is 6.92 Å². The number of ether oxygens (including phenoxy) is 1. The fraction of sp³-hybridized carbons (Fsp3) is 0.190. The highest BCUT2D eigenvalue weighted by Crippen LogP contribution is 2.21. The standard InChI is InChI=1S/C21H22N4O2/c1-4-15-8-10-16(11-9-15)25-21(26)19-13-20(23-14(2)22-19)24-17-6-5-7-18(12-17)27-3/h5-13H,4H2,1-3H3,(H,25,26)(H,22,23,24). The van der Waals surface area contributed by atoms with E-state index in [1.165, 1.54) is 5.56 Å². The molecule has 0 radical (unpaired) electrons. The van der Waals surface area contributed by atoms with Crippen LogP contribution >= 0.6 is 0 Å². The third-order valence-electron chi connectivity index (χ3n) is 4.03. The molecule has 6 nitrogen and oxygen atoms in total. The summed E-state index contributed by atoms with van der Waals surface area (Å²) in [6, 6.07) is 16.9. The van der Waals surface area contributed by atoms with Gasteiger partial charge in [-0.15, -0.1) is 0 Å². The molecular formula is C21H22N4O2. The van der Waals surface area contributed by atoms with E-state index in [1.807, 2.05) is 48.5 Å². The van der Waals surface area contributed by atoms with Gasteiger partial charge in [-0.2, -0.15) is 0 Å². The first-order chi connectivity index (χ1) is 13.1. The SMILES string of the molecule is CCc1ccc(NC(=O)c2cc(Nc3cccc(OC)c3)nc(C)n2)cc1. The van der Waals surface area contributed by atoms with Crippen LogP contribution in [-0.2, 0) is 6.42 Å². The predicted molar refractivity (Wildman–Crippen MR) is 107 cm³/mol. The topological polar surface area (TPSA) is 76.1 Å². The number of anilines is 3. The van der Waals surface area contributed by atoms with E-state index in [9.17, 15) is 4.79 Å². The number of nitrogens with zero attached hydrogens (tertiary/aromatic N) is 2. The smallest absolute Gasteiger partial charge is 0.274 e. The fourth-order valence-corrected chi connectivity index (χ4v) is 2.62. The Morgan fingerprint density at radius 1 is 1.04 bits per heavy atom. The van der Waals surface area contributed by atoms with Crippen molar-refractivity contribution in [3.05, 3.63) is 71.7 Å². The van der Waals surface area contributed by atoms with Crippen LogP contribution in [0.3, 0.4) is 0 Å². The Hall–Kier alpha value is -3.41. The van der Waals surface area contributed by atoms with Crippen molar-refractivity contribution < 1.29 is 9.53 Å². The van der Waals surface area contributed by atoms with Gasteiger partial charge in [-0.1, -0.05) is 25.1 Å². The number of carbonyl (C=O) groups excluding carboxylic acids is 1. The summed E-state index contributed by atoms with van der Waals surface area (Å²) in [7, 11) is 1.61. The normalized spacial score (nSPS) is 10.3. The Labute approximate surface area is 158 Å². The Morgan fingerprint density at radius 3 is 2.52 bits per heavy atom. The molecule has 138 valence electrons. The number of aromatic nitrogens is 2. The summed E-state index contributed by atoms with van der Waals surface area (Å²) >= 11 is 0. The van der Waals surface area contributed by atoms with Crippen LogP contribution < -0.4 is 15.4 Å². The van der Waals surface area contributed by atoms with Gasteiger partial charge in [0.15, 0.2) is 0 Å². The average molecular weight is 362 g/mol. The monoisotopic (exact) mass is 362 g/mol. The highest BCUT2D eigenvalue weighted by atomic mass is 16.5. The molecule has 2 aromatic carbocycles. The lowest BCUT2D eigenvalue weighted by atomic mass is 10.1. The molecule has 3 rings (SSSR count). The summed E-state index contributed by atoms with van der Waals surface area (Å²) in [6.45, 7) is 3.84. The van der Waals surface area contributed by atoms with Gasteiger partial charge in [0.05, 0.1) is 7.11 Å². The van der Waals surface area contributed by atoms with Gasteiger partial charge in [0.25, 0.3) is 5.91 Å². The minimum absolute atomic E-state index is 0.279. The number of benzene rings is 2. The Bertz CT molecular complexity index is 939. The molecule has 0 aliphatic rings. The van der Waals surface area contributed by atoms with Gasteiger partial charge in [0.1, 0.15) is 23.1 Å². The van der Waals surface area contributed by atoms with Crippen molar-refractivity contribution in [2.45, 2.75) is 20.3 Å². The average Bonchev–Trinajstić information content (AvgIpc) is 2.68. The Balaban J connectivity index is 1.78. The molecule has 0 aliphatic carbocycles. The van der Waals surface area contributed by atoms with Gasteiger partial charge < -0.3 is 15.4 Å². The number of hydrogen-bond donors (Lipinski definition) is 2. The number of methoxy groups -OCH3 is 1. The molecule has 1 heterocycles. The summed E-state index contributed by atoms with van der Waals surface area (Å²) in [5, 5.41) is 6.05. The van der Waals surface area contributed by atoms with Gasteiger partial charge in [-0.25, -0.2) is 9.97 Å². The largest absolute Gasteiger partial charge is 0.497 e. The van der Waals surface area contributed by atoms with Crippen molar-refractivity contribution in [3.8, 4) is 5.75 Å². The number of amides is 1. The van der Waals surface area contributed by atoms with Crippen LogP contribution in [0.1, 0.15) is 28.8 Å². The summed E-state index contributed by atoms with van der Waals surface area (Å²) in [5.41, 5.74) is 3.06. The van der Waals surface area contributed by atoms with Crippen molar-refractivity contribution in [1.82, 2.24) is 9.97 Å². The van der Waals surface area contributed by atoms with Crippen LogP contribution in [0.4, 0.5) is 17.2 Å². The summed E-state index contributed by atoms with van der Waals surface area (Å²) < 4.78 is 5.22. The maximum atomic E-state index is 12.6. The first-order valence-electron chi connectivity index (χ1n) is 8.74. The molecule has 1 aromatic heterocycles. The van der Waals surface area contributed by atoms with Crippen LogP contribution in [-0.4, -0.2) is 23.0 Å². The zero-order valence-electron chi connectivity index (χ0n) is 15.6. The molecule has 0 spiro atoms. The Morgan fingerprint density at radius 2 is 1.81 bits per heavy atom. The third-order valence-corrected chi connectivity index (χ3v) is 4.03. The molecule has 1 amide bonds. The second kappa shape index (κ2) is 8.31. The maximum Gasteiger partial charge on any atom is 0.274 e. The lowest BCUT2D eigenvalue weighted by Crippen LogP contribution is -2.15. The van der Waals surface area contributed by atoms with E-state index in [4.69, 9.17) is 4.74 Å². The predicted octanol–water partition coefficient (Wildman–Crippen LogP) is 4.35. The first-order valence-corrected chi connectivity index (χ1v) is 8.74. The van der Waals surface area contributed by atoms with Gasteiger partial charge in [-0.05, 0) is 43.2 Å². The van der Waals surface area contributed by atoms with Crippen molar-refractivity contribution >= 4 is 23.1 Å². The molecule has 0 saturated heterocycles. The molecular weight excluding hydrogens is 340 g/mol. The molecule has 3 aromatic rings. The van der Waals surface area contributed by atoms with Gasteiger partial charge >= 0.3 is 0 Å². The van der Waals surface area contributed by atoms with Gasteiger partial charge in [0.2, 0.25) is 0 Å². The van der Waals surface area contributed by atoms with Crippen LogP contribution in [0.15, 0.2) is 54.6 Å². The van der Waals surface area contributed by atoms with E-state index in [0.29, 0.717) is 17.3 Å². The number of nitrogens with one attached hydrogen (secondary N) is 2. The molecule has 6 heteroatoms. The quantitative estimate of drug-likeness (QED) is 0.682. The summed E-state index contributed by atoms with van der Waals surface area (Å²) in [6.07, 6.45) is 0.957. The van der Waals surface area contributed by atoms with Crippen molar-refractivity contribution in [2.24, 2.45) is 0 Å². The zero-order chi connectivity index (χ0) is 19.2. The van der Waals surface area contributed by atoms with E-state index in [-0.39, 0.29) is 5.91 Å². The lowest BCUT2D eigenvalue weighted by molar-refractivity contribution is 0.102. The molecule has 2 N–H and O–H groups in total.